The lowest BCUT2D eigenvalue weighted by Gasteiger charge is -2.13. The molecule has 0 radical (unpaired) electrons. The predicted octanol–water partition coefficient (Wildman–Crippen LogP) is 3.74. The van der Waals surface area contributed by atoms with Crippen LogP contribution >= 0.6 is 0 Å². The van der Waals surface area contributed by atoms with Crippen LogP contribution in [0.1, 0.15) is 5.56 Å². The zero-order chi connectivity index (χ0) is 19.7. The van der Waals surface area contributed by atoms with Gasteiger partial charge in [0.1, 0.15) is 5.75 Å². The van der Waals surface area contributed by atoms with Crippen LogP contribution < -0.4 is 9.46 Å². The summed E-state index contributed by atoms with van der Waals surface area (Å²) in [6.07, 6.45) is 3.21. The highest BCUT2D eigenvalue weighted by Gasteiger charge is 2.18. The van der Waals surface area contributed by atoms with Gasteiger partial charge >= 0.3 is 0 Å². The van der Waals surface area contributed by atoms with Crippen molar-refractivity contribution in [1.29, 1.82) is 0 Å². The van der Waals surface area contributed by atoms with Crippen LogP contribution in [0.3, 0.4) is 0 Å². The van der Waals surface area contributed by atoms with Gasteiger partial charge in [0.05, 0.1) is 23.8 Å². The number of imidazole rings is 1. The van der Waals surface area contributed by atoms with E-state index in [1.54, 1.807) is 50.0 Å². The van der Waals surface area contributed by atoms with E-state index in [1.807, 2.05) is 19.1 Å². The van der Waals surface area contributed by atoms with Crippen molar-refractivity contribution in [1.82, 2.24) is 15.0 Å². The van der Waals surface area contributed by atoms with Crippen LogP contribution in [0.4, 0.5) is 5.69 Å². The van der Waals surface area contributed by atoms with Crippen LogP contribution in [-0.4, -0.2) is 30.5 Å². The molecule has 0 saturated heterocycles. The number of pyridine rings is 1. The number of methoxy groups -OCH3 is 1. The third-order valence-corrected chi connectivity index (χ3v) is 5.72. The molecule has 2 aromatic heterocycles. The van der Waals surface area contributed by atoms with Gasteiger partial charge in [-0.25, -0.2) is 18.4 Å². The Morgan fingerprint density at radius 1 is 1.07 bits per heavy atom. The van der Waals surface area contributed by atoms with Crippen LogP contribution in [0.15, 0.2) is 66.0 Å². The second kappa shape index (κ2) is 6.97. The SMILES string of the molecule is COc1ccc(S(=O)(=O)Nc2cccc(C)c2)cc1-c1cnc2nc[nH]c2c1. The molecule has 2 aromatic carbocycles. The maximum absolute atomic E-state index is 12.9. The zero-order valence-electron chi connectivity index (χ0n) is 15.3. The van der Waals surface area contributed by atoms with Crippen molar-refractivity contribution in [3.05, 3.63) is 66.6 Å². The standard InChI is InChI=1S/C20H18N4O3S/c1-13-4-3-5-15(8-13)24-28(25,26)16-6-7-19(27-2)17(10-16)14-9-18-20(21-11-14)23-12-22-18/h3-12,24H,1-2H3,(H,21,22,23). The van der Waals surface area contributed by atoms with Crippen molar-refractivity contribution < 1.29 is 13.2 Å². The molecule has 0 unspecified atom stereocenters. The molecule has 142 valence electrons. The molecule has 7 nitrogen and oxygen atoms in total. The lowest BCUT2D eigenvalue weighted by molar-refractivity contribution is 0.416. The number of benzene rings is 2. The molecule has 4 aromatic rings. The van der Waals surface area contributed by atoms with Crippen molar-refractivity contribution in [3.63, 3.8) is 0 Å². The molecule has 0 spiro atoms. The van der Waals surface area contributed by atoms with Gasteiger partial charge in [-0.2, -0.15) is 0 Å². The van der Waals surface area contributed by atoms with Gasteiger partial charge in [0, 0.05) is 23.0 Å². The maximum Gasteiger partial charge on any atom is 0.261 e. The Hall–Kier alpha value is -3.39. The number of aromatic amines is 1. The van der Waals surface area contributed by atoms with E-state index in [1.165, 1.54) is 6.07 Å². The summed E-state index contributed by atoms with van der Waals surface area (Å²) in [5.74, 6) is 0.551. The molecule has 2 heterocycles. The highest BCUT2D eigenvalue weighted by molar-refractivity contribution is 7.92. The summed E-state index contributed by atoms with van der Waals surface area (Å²) in [7, 11) is -2.22. The first-order valence-electron chi connectivity index (χ1n) is 8.53. The first kappa shape index (κ1) is 18.0. The lowest BCUT2D eigenvalue weighted by Crippen LogP contribution is -2.13. The Bertz CT molecular complexity index is 1270. The van der Waals surface area contributed by atoms with E-state index in [2.05, 4.69) is 19.7 Å². The second-order valence-electron chi connectivity index (χ2n) is 6.33. The monoisotopic (exact) mass is 394 g/mol. The van der Waals surface area contributed by atoms with Crippen molar-refractivity contribution in [2.45, 2.75) is 11.8 Å². The minimum atomic E-state index is -3.76. The third kappa shape index (κ3) is 3.41. The number of hydrogen-bond acceptors (Lipinski definition) is 5. The Morgan fingerprint density at radius 3 is 2.71 bits per heavy atom. The smallest absolute Gasteiger partial charge is 0.261 e. The topological polar surface area (TPSA) is 97.0 Å². The molecular weight excluding hydrogens is 376 g/mol. The maximum atomic E-state index is 12.9. The van der Waals surface area contributed by atoms with Gasteiger partial charge < -0.3 is 9.72 Å². The molecule has 0 aliphatic heterocycles. The molecule has 0 bridgehead atoms. The van der Waals surface area contributed by atoms with Crippen LogP contribution in [0.5, 0.6) is 5.75 Å². The zero-order valence-corrected chi connectivity index (χ0v) is 16.1. The summed E-state index contributed by atoms with van der Waals surface area (Å²) in [5, 5.41) is 0. The average Bonchev–Trinajstić information content (AvgIpc) is 3.15. The fourth-order valence-electron chi connectivity index (χ4n) is 2.98. The van der Waals surface area contributed by atoms with Gasteiger partial charge in [-0.1, -0.05) is 12.1 Å². The summed E-state index contributed by atoms with van der Waals surface area (Å²) in [5.41, 5.74) is 4.17. The molecule has 0 aliphatic carbocycles. The Kier molecular flexibility index (Phi) is 4.48. The number of aromatic nitrogens is 3. The van der Waals surface area contributed by atoms with Crippen LogP contribution in [0.2, 0.25) is 0 Å². The quantitative estimate of drug-likeness (QED) is 0.537. The van der Waals surface area contributed by atoms with Crippen molar-refractivity contribution in [3.8, 4) is 16.9 Å². The van der Waals surface area contributed by atoms with Gasteiger partial charge in [0.2, 0.25) is 0 Å². The molecule has 0 aliphatic rings. The lowest BCUT2D eigenvalue weighted by atomic mass is 10.1. The minimum Gasteiger partial charge on any atom is -0.496 e. The normalized spacial score (nSPS) is 11.5. The number of fused-ring (bicyclic) bond motifs is 1. The summed E-state index contributed by atoms with van der Waals surface area (Å²) in [6.45, 7) is 1.90. The fraction of sp³-hybridized carbons (Fsp3) is 0.100. The molecule has 4 rings (SSSR count). The summed E-state index contributed by atoms with van der Waals surface area (Å²) >= 11 is 0. The van der Waals surface area contributed by atoms with Gasteiger partial charge in [0.15, 0.2) is 5.65 Å². The molecule has 0 atom stereocenters. The Labute approximate surface area is 162 Å². The summed E-state index contributed by atoms with van der Waals surface area (Å²) in [6, 6.07) is 13.8. The molecule has 28 heavy (non-hydrogen) atoms. The fourth-order valence-corrected chi connectivity index (χ4v) is 4.05. The van der Waals surface area contributed by atoms with Gasteiger partial charge in [-0.3, -0.25) is 4.72 Å². The third-order valence-electron chi connectivity index (χ3n) is 4.34. The molecule has 8 heteroatoms. The number of H-pyrrole nitrogens is 1. The average molecular weight is 394 g/mol. The van der Waals surface area contributed by atoms with Crippen molar-refractivity contribution in [2.24, 2.45) is 0 Å². The molecule has 0 fully saturated rings. The van der Waals surface area contributed by atoms with E-state index >= 15 is 0 Å². The number of rotatable bonds is 5. The second-order valence-corrected chi connectivity index (χ2v) is 8.02. The number of nitrogens with zero attached hydrogens (tertiary/aromatic N) is 2. The van der Waals surface area contributed by atoms with E-state index in [9.17, 15) is 8.42 Å². The van der Waals surface area contributed by atoms with E-state index in [0.29, 0.717) is 22.6 Å². The molecule has 0 saturated carbocycles. The molecular formula is C20H18N4O3S. The number of ether oxygens (including phenoxy) is 1. The van der Waals surface area contributed by atoms with E-state index < -0.39 is 10.0 Å². The highest BCUT2D eigenvalue weighted by atomic mass is 32.2. The highest BCUT2D eigenvalue weighted by Crippen LogP contribution is 2.33. The predicted molar refractivity (Wildman–Crippen MR) is 108 cm³/mol. The first-order chi connectivity index (χ1) is 13.5. The van der Waals surface area contributed by atoms with E-state index in [-0.39, 0.29) is 4.90 Å². The largest absolute Gasteiger partial charge is 0.496 e. The van der Waals surface area contributed by atoms with Gasteiger partial charge in [-0.15, -0.1) is 0 Å². The van der Waals surface area contributed by atoms with Crippen molar-refractivity contribution >= 4 is 26.9 Å². The van der Waals surface area contributed by atoms with Gasteiger partial charge in [-0.05, 0) is 48.9 Å². The Morgan fingerprint density at radius 2 is 1.93 bits per heavy atom. The van der Waals surface area contributed by atoms with Crippen molar-refractivity contribution in [2.75, 3.05) is 11.8 Å². The first-order valence-corrected chi connectivity index (χ1v) is 10.0. The minimum absolute atomic E-state index is 0.134. The van der Waals surface area contributed by atoms with Crippen LogP contribution in [0, 0.1) is 6.92 Å². The number of anilines is 1. The van der Waals surface area contributed by atoms with Gasteiger partial charge in [0.25, 0.3) is 10.0 Å². The summed E-state index contributed by atoms with van der Waals surface area (Å²) < 4.78 is 33.8. The molecule has 0 amide bonds. The number of aryl methyl sites for hydroxylation is 1. The van der Waals surface area contributed by atoms with E-state index in [4.69, 9.17) is 4.74 Å². The van der Waals surface area contributed by atoms with Crippen LogP contribution in [0.25, 0.3) is 22.3 Å². The number of sulfonamides is 1. The van der Waals surface area contributed by atoms with E-state index in [0.717, 1.165) is 16.6 Å². The Balaban J connectivity index is 1.77. The number of nitrogens with one attached hydrogen (secondary N) is 2. The van der Waals surface area contributed by atoms with Crippen LogP contribution in [-0.2, 0) is 10.0 Å². The summed E-state index contributed by atoms with van der Waals surface area (Å²) in [4.78, 5) is 11.5. The number of hydrogen-bond donors (Lipinski definition) is 2. The molecule has 2 N–H and O–H groups in total.